The minimum Gasteiger partial charge on any atom is -0.378 e. The Balaban J connectivity index is 0.00000182. The molecule has 0 aromatic heterocycles. The Kier molecular flexibility index (Phi) is 5.71. The van der Waals surface area contributed by atoms with Crippen molar-refractivity contribution in [3.63, 3.8) is 0 Å². The van der Waals surface area contributed by atoms with Gasteiger partial charge in [0.1, 0.15) is 0 Å². The summed E-state index contributed by atoms with van der Waals surface area (Å²) in [7, 11) is 0. The van der Waals surface area contributed by atoms with E-state index in [1.54, 1.807) is 0 Å². The van der Waals surface area contributed by atoms with E-state index >= 15 is 0 Å². The molecule has 2 atom stereocenters. The van der Waals surface area contributed by atoms with E-state index in [2.05, 4.69) is 29.2 Å². The third-order valence-electron chi connectivity index (χ3n) is 6.22. The van der Waals surface area contributed by atoms with Gasteiger partial charge in [0.05, 0.1) is 6.10 Å². The standard InChI is InChI=1S/C20H28N2O2.ClH/c21-10-3-13-24-16-7-11-22(12-8-16)19(23)18-14-20(18)9-6-15-4-1-2-5-17(15)20;/h1-2,4-5,16,18H,3,6-14,21H2;1H. The van der Waals surface area contributed by atoms with Crippen LogP contribution < -0.4 is 5.73 Å². The number of piperidine rings is 1. The maximum absolute atomic E-state index is 13.0. The predicted octanol–water partition coefficient (Wildman–Crippen LogP) is 2.67. The average molecular weight is 365 g/mol. The molecule has 1 heterocycles. The van der Waals surface area contributed by atoms with Crippen molar-refractivity contribution < 1.29 is 9.53 Å². The number of hydrogen-bond donors (Lipinski definition) is 1. The van der Waals surface area contributed by atoms with E-state index in [-0.39, 0.29) is 23.7 Å². The average Bonchev–Trinajstić information content (AvgIpc) is 3.24. The monoisotopic (exact) mass is 364 g/mol. The zero-order valence-corrected chi connectivity index (χ0v) is 15.6. The molecule has 1 aromatic rings. The maximum Gasteiger partial charge on any atom is 0.226 e. The Morgan fingerprint density at radius 2 is 2.04 bits per heavy atom. The molecule has 1 saturated carbocycles. The second-order valence-electron chi connectivity index (χ2n) is 7.61. The lowest BCUT2D eigenvalue weighted by molar-refractivity contribution is -0.135. The third-order valence-corrected chi connectivity index (χ3v) is 6.22. The number of amides is 1. The molecule has 138 valence electrons. The summed E-state index contributed by atoms with van der Waals surface area (Å²) < 4.78 is 5.85. The van der Waals surface area contributed by atoms with Crippen LogP contribution in [0, 0.1) is 5.92 Å². The first-order chi connectivity index (χ1) is 11.7. The lowest BCUT2D eigenvalue weighted by Crippen LogP contribution is -2.42. The Morgan fingerprint density at radius 1 is 1.28 bits per heavy atom. The second kappa shape index (κ2) is 7.65. The van der Waals surface area contributed by atoms with E-state index in [1.807, 2.05) is 0 Å². The third kappa shape index (κ3) is 3.44. The highest BCUT2D eigenvalue weighted by atomic mass is 35.5. The van der Waals surface area contributed by atoms with Crippen molar-refractivity contribution in [1.29, 1.82) is 0 Å². The number of nitrogens with two attached hydrogens (primary N) is 1. The summed E-state index contributed by atoms with van der Waals surface area (Å²) in [6, 6.07) is 8.71. The van der Waals surface area contributed by atoms with Crippen LogP contribution in [0.15, 0.2) is 24.3 Å². The molecule has 4 rings (SSSR count). The van der Waals surface area contributed by atoms with Crippen LogP contribution in [0.3, 0.4) is 0 Å². The van der Waals surface area contributed by atoms with Crippen molar-refractivity contribution in [3.8, 4) is 0 Å². The number of fused-ring (bicyclic) bond motifs is 2. The summed E-state index contributed by atoms with van der Waals surface area (Å²) in [4.78, 5) is 15.1. The molecule has 2 N–H and O–H groups in total. The Hall–Kier alpha value is -1.10. The molecule has 0 radical (unpaired) electrons. The van der Waals surface area contributed by atoms with E-state index < -0.39 is 0 Å². The van der Waals surface area contributed by atoms with Gasteiger partial charge in [-0.2, -0.15) is 0 Å². The van der Waals surface area contributed by atoms with E-state index in [4.69, 9.17) is 10.5 Å². The maximum atomic E-state index is 13.0. The lowest BCUT2D eigenvalue weighted by Gasteiger charge is -2.32. The molecular formula is C20H29ClN2O2. The fraction of sp³-hybridized carbons (Fsp3) is 0.650. The number of nitrogens with zero attached hydrogens (tertiary/aromatic N) is 1. The number of likely N-dealkylation sites (tertiary alicyclic amines) is 1. The first-order valence-electron chi connectivity index (χ1n) is 9.43. The summed E-state index contributed by atoms with van der Waals surface area (Å²) in [5.41, 5.74) is 8.58. The van der Waals surface area contributed by atoms with Gasteiger partial charge in [0, 0.05) is 31.0 Å². The van der Waals surface area contributed by atoms with Crippen LogP contribution in [0.25, 0.3) is 0 Å². The van der Waals surface area contributed by atoms with Crippen LogP contribution in [0.4, 0.5) is 0 Å². The van der Waals surface area contributed by atoms with Crippen LogP contribution in [0.2, 0.25) is 0 Å². The van der Waals surface area contributed by atoms with Crippen molar-refractivity contribution in [2.45, 2.75) is 50.0 Å². The van der Waals surface area contributed by atoms with Crippen LogP contribution in [-0.4, -0.2) is 43.2 Å². The normalized spacial score (nSPS) is 27.9. The van der Waals surface area contributed by atoms with Gasteiger partial charge in [0.25, 0.3) is 0 Å². The zero-order chi connectivity index (χ0) is 16.6. The van der Waals surface area contributed by atoms with Crippen molar-refractivity contribution in [1.82, 2.24) is 4.90 Å². The van der Waals surface area contributed by atoms with Gasteiger partial charge in [0.15, 0.2) is 0 Å². The van der Waals surface area contributed by atoms with E-state index in [9.17, 15) is 4.79 Å². The number of benzene rings is 1. The Bertz CT molecular complexity index is 615. The molecule has 1 aromatic carbocycles. The summed E-state index contributed by atoms with van der Waals surface area (Å²) in [6.07, 6.45) is 6.50. The molecule has 4 nitrogen and oxygen atoms in total. The number of ether oxygens (including phenoxy) is 1. The van der Waals surface area contributed by atoms with Crippen LogP contribution in [-0.2, 0) is 21.4 Å². The van der Waals surface area contributed by atoms with Gasteiger partial charge in [-0.05, 0) is 56.2 Å². The summed E-state index contributed by atoms with van der Waals surface area (Å²) in [5, 5.41) is 0. The van der Waals surface area contributed by atoms with Gasteiger partial charge in [-0.15, -0.1) is 12.4 Å². The molecule has 5 heteroatoms. The SMILES string of the molecule is Cl.NCCCOC1CCN(C(=O)C2CC23CCc2ccccc23)CC1. The zero-order valence-electron chi connectivity index (χ0n) is 14.8. The number of hydrogen-bond acceptors (Lipinski definition) is 3. The molecule has 2 fully saturated rings. The van der Waals surface area contributed by atoms with Gasteiger partial charge >= 0.3 is 0 Å². The van der Waals surface area contributed by atoms with Gasteiger partial charge in [-0.25, -0.2) is 0 Å². The molecule has 2 aliphatic carbocycles. The second-order valence-corrected chi connectivity index (χ2v) is 7.61. The van der Waals surface area contributed by atoms with E-state index in [0.717, 1.165) is 58.2 Å². The highest BCUT2D eigenvalue weighted by molar-refractivity contribution is 5.85. The molecule has 1 aliphatic heterocycles. The number of carbonyl (C=O) groups is 1. The van der Waals surface area contributed by atoms with Crippen LogP contribution in [0.1, 0.15) is 43.2 Å². The Labute approximate surface area is 156 Å². The van der Waals surface area contributed by atoms with Crippen LogP contribution in [0.5, 0.6) is 0 Å². The van der Waals surface area contributed by atoms with Crippen LogP contribution >= 0.6 is 12.4 Å². The minimum absolute atomic E-state index is 0. The number of aryl methyl sites for hydroxylation is 1. The molecular weight excluding hydrogens is 336 g/mol. The molecule has 1 amide bonds. The molecule has 2 unspecified atom stereocenters. The molecule has 0 bridgehead atoms. The van der Waals surface area contributed by atoms with Gasteiger partial charge in [0.2, 0.25) is 5.91 Å². The Morgan fingerprint density at radius 3 is 2.80 bits per heavy atom. The van der Waals surface area contributed by atoms with E-state index in [0.29, 0.717) is 18.6 Å². The quantitative estimate of drug-likeness (QED) is 0.817. The smallest absolute Gasteiger partial charge is 0.226 e. The minimum atomic E-state index is 0. The summed E-state index contributed by atoms with van der Waals surface area (Å²) >= 11 is 0. The first-order valence-corrected chi connectivity index (χ1v) is 9.43. The highest BCUT2D eigenvalue weighted by Crippen LogP contribution is 2.62. The van der Waals surface area contributed by atoms with Gasteiger partial charge in [-0.1, -0.05) is 24.3 Å². The number of carbonyl (C=O) groups excluding carboxylic acids is 1. The molecule has 1 saturated heterocycles. The number of halogens is 1. The van der Waals surface area contributed by atoms with Gasteiger partial charge in [-0.3, -0.25) is 4.79 Å². The highest BCUT2D eigenvalue weighted by Gasteiger charge is 2.62. The first kappa shape index (κ1) is 18.7. The predicted molar refractivity (Wildman–Crippen MR) is 101 cm³/mol. The molecule has 1 spiro atoms. The summed E-state index contributed by atoms with van der Waals surface area (Å²) in [6.45, 7) is 3.13. The number of rotatable bonds is 5. The van der Waals surface area contributed by atoms with Crippen molar-refractivity contribution in [2.24, 2.45) is 11.7 Å². The van der Waals surface area contributed by atoms with Gasteiger partial charge < -0.3 is 15.4 Å². The molecule has 25 heavy (non-hydrogen) atoms. The topological polar surface area (TPSA) is 55.6 Å². The molecule has 3 aliphatic rings. The fourth-order valence-electron chi connectivity index (χ4n) is 4.72. The largest absolute Gasteiger partial charge is 0.378 e. The van der Waals surface area contributed by atoms with Crippen molar-refractivity contribution in [3.05, 3.63) is 35.4 Å². The van der Waals surface area contributed by atoms with Crippen molar-refractivity contribution >= 4 is 18.3 Å². The van der Waals surface area contributed by atoms with Crippen molar-refractivity contribution in [2.75, 3.05) is 26.2 Å². The lowest BCUT2D eigenvalue weighted by atomic mass is 9.94. The fourth-order valence-corrected chi connectivity index (χ4v) is 4.72. The summed E-state index contributed by atoms with van der Waals surface area (Å²) in [5.74, 6) is 0.600. The van der Waals surface area contributed by atoms with E-state index in [1.165, 1.54) is 11.1 Å².